The summed E-state index contributed by atoms with van der Waals surface area (Å²) in [6.07, 6.45) is -3.26. The standard InChI is InChI=1S/C22H27F3N4O3/c23-22(24,25)21(8-9-27(15-21)14-16-4-2-1-3-5-16)20(32)29-12-10-28(11-13-29)19(31)18(30)26-17-6-7-17/h1-5,17H,6-15H2,(H,26,30). The average Bonchev–Trinajstić information content (AvgIpc) is 3.48. The summed E-state index contributed by atoms with van der Waals surface area (Å²) in [5.74, 6) is -2.31. The number of alkyl halides is 3. The molecular weight excluding hydrogens is 425 g/mol. The van der Waals surface area contributed by atoms with Crippen LogP contribution < -0.4 is 5.32 Å². The Hall–Kier alpha value is -2.62. The van der Waals surface area contributed by atoms with E-state index in [1.54, 1.807) is 4.90 Å². The number of nitrogens with one attached hydrogen (secondary N) is 1. The summed E-state index contributed by atoms with van der Waals surface area (Å²) in [5.41, 5.74) is -1.55. The fourth-order valence-corrected chi connectivity index (χ4v) is 4.43. The molecule has 0 aromatic heterocycles. The van der Waals surface area contributed by atoms with Crippen LogP contribution in [0.2, 0.25) is 0 Å². The van der Waals surface area contributed by atoms with E-state index in [0.29, 0.717) is 6.54 Å². The number of halogens is 3. The van der Waals surface area contributed by atoms with Gasteiger partial charge in [-0.15, -0.1) is 0 Å². The third-order valence-corrected chi connectivity index (χ3v) is 6.51. The van der Waals surface area contributed by atoms with Crippen molar-refractivity contribution in [2.45, 2.75) is 38.0 Å². The van der Waals surface area contributed by atoms with Gasteiger partial charge >= 0.3 is 18.0 Å². The van der Waals surface area contributed by atoms with E-state index in [-0.39, 0.29) is 51.7 Å². The molecule has 7 nitrogen and oxygen atoms in total. The zero-order valence-electron chi connectivity index (χ0n) is 17.7. The number of rotatable bonds is 4. The van der Waals surface area contributed by atoms with Crippen LogP contribution in [0.15, 0.2) is 30.3 Å². The normalized spacial score (nSPS) is 24.5. The molecule has 0 bridgehead atoms. The molecule has 4 rings (SSSR count). The second kappa shape index (κ2) is 8.73. The van der Waals surface area contributed by atoms with Gasteiger partial charge < -0.3 is 15.1 Å². The van der Waals surface area contributed by atoms with Gasteiger partial charge in [0.05, 0.1) is 0 Å². The number of hydrogen-bond acceptors (Lipinski definition) is 4. The Balaban J connectivity index is 1.38. The lowest BCUT2D eigenvalue weighted by Gasteiger charge is -2.40. The van der Waals surface area contributed by atoms with E-state index in [2.05, 4.69) is 5.32 Å². The van der Waals surface area contributed by atoms with Gasteiger partial charge in [-0.25, -0.2) is 0 Å². The number of nitrogens with zero attached hydrogens (tertiary/aromatic N) is 3. The number of carbonyl (C=O) groups is 3. The fourth-order valence-electron chi connectivity index (χ4n) is 4.43. The highest BCUT2D eigenvalue weighted by Gasteiger charge is 2.64. The third kappa shape index (κ3) is 4.60. The molecule has 1 saturated carbocycles. The van der Waals surface area contributed by atoms with Crippen LogP contribution in [0, 0.1) is 5.41 Å². The molecule has 10 heteroatoms. The van der Waals surface area contributed by atoms with E-state index in [0.717, 1.165) is 18.4 Å². The molecule has 2 aliphatic heterocycles. The number of carbonyl (C=O) groups excluding carboxylic acids is 3. The molecule has 1 unspecified atom stereocenters. The van der Waals surface area contributed by atoms with Crippen LogP contribution in [0.25, 0.3) is 0 Å². The molecule has 0 spiro atoms. The van der Waals surface area contributed by atoms with Crippen LogP contribution in [0.4, 0.5) is 13.2 Å². The van der Waals surface area contributed by atoms with Crippen molar-refractivity contribution in [2.75, 3.05) is 39.3 Å². The van der Waals surface area contributed by atoms with Crippen molar-refractivity contribution in [3.8, 4) is 0 Å². The Morgan fingerprint density at radius 3 is 2.19 bits per heavy atom. The minimum absolute atomic E-state index is 0.0161. The molecule has 1 aromatic carbocycles. The maximum atomic E-state index is 14.2. The van der Waals surface area contributed by atoms with Crippen molar-refractivity contribution in [3.63, 3.8) is 0 Å². The molecule has 1 atom stereocenters. The van der Waals surface area contributed by atoms with Crippen molar-refractivity contribution >= 4 is 17.7 Å². The summed E-state index contributed by atoms with van der Waals surface area (Å²) in [6, 6.07) is 9.26. The maximum Gasteiger partial charge on any atom is 0.404 e. The average molecular weight is 452 g/mol. The number of piperazine rings is 1. The molecule has 3 fully saturated rings. The lowest BCUT2D eigenvalue weighted by molar-refractivity contribution is -0.224. The van der Waals surface area contributed by atoms with Gasteiger partial charge in [0.25, 0.3) is 0 Å². The summed E-state index contributed by atoms with van der Waals surface area (Å²) in [5, 5.41) is 2.62. The molecule has 2 heterocycles. The zero-order chi connectivity index (χ0) is 22.9. The van der Waals surface area contributed by atoms with Gasteiger partial charge in [0.2, 0.25) is 5.91 Å². The Morgan fingerprint density at radius 1 is 0.969 bits per heavy atom. The summed E-state index contributed by atoms with van der Waals surface area (Å²) in [4.78, 5) is 41.5. The molecule has 1 aromatic rings. The van der Waals surface area contributed by atoms with Crippen molar-refractivity contribution in [1.29, 1.82) is 0 Å². The fraction of sp³-hybridized carbons (Fsp3) is 0.591. The van der Waals surface area contributed by atoms with Gasteiger partial charge in [0.1, 0.15) is 0 Å². The minimum atomic E-state index is -4.67. The molecule has 32 heavy (non-hydrogen) atoms. The number of likely N-dealkylation sites (tertiary alicyclic amines) is 1. The first-order chi connectivity index (χ1) is 15.2. The summed E-state index contributed by atoms with van der Waals surface area (Å²) < 4.78 is 42.5. The first-order valence-corrected chi connectivity index (χ1v) is 10.9. The predicted octanol–water partition coefficient (Wildman–Crippen LogP) is 1.39. The van der Waals surface area contributed by atoms with E-state index in [1.165, 1.54) is 9.80 Å². The Labute approximate surface area is 184 Å². The van der Waals surface area contributed by atoms with E-state index in [1.807, 2.05) is 30.3 Å². The Morgan fingerprint density at radius 2 is 1.59 bits per heavy atom. The quantitative estimate of drug-likeness (QED) is 0.701. The van der Waals surface area contributed by atoms with Crippen molar-refractivity contribution < 1.29 is 27.6 Å². The number of hydrogen-bond donors (Lipinski definition) is 1. The molecule has 0 radical (unpaired) electrons. The highest BCUT2D eigenvalue weighted by atomic mass is 19.4. The first kappa shape index (κ1) is 22.6. The van der Waals surface area contributed by atoms with Gasteiger partial charge in [-0.3, -0.25) is 19.3 Å². The van der Waals surface area contributed by atoms with Gasteiger partial charge in [-0.1, -0.05) is 30.3 Å². The van der Waals surface area contributed by atoms with E-state index < -0.39 is 29.3 Å². The van der Waals surface area contributed by atoms with Gasteiger partial charge in [-0.05, 0) is 31.4 Å². The third-order valence-electron chi connectivity index (χ3n) is 6.51. The minimum Gasteiger partial charge on any atom is -0.345 e. The van der Waals surface area contributed by atoms with Crippen LogP contribution in [0.1, 0.15) is 24.8 Å². The predicted molar refractivity (Wildman–Crippen MR) is 109 cm³/mol. The Bertz CT molecular complexity index is 867. The van der Waals surface area contributed by atoms with E-state index in [4.69, 9.17) is 0 Å². The van der Waals surface area contributed by atoms with Crippen LogP contribution >= 0.6 is 0 Å². The Kier molecular flexibility index (Phi) is 6.15. The highest BCUT2D eigenvalue weighted by Crippen LogP contribution is 2.47. The second-order valence-electron chi connectivity index (χ2n) is 8.86. The zero-order valence-corrected chi connectivity index (χ0v) is 17.7. The monoisotopic (exact) mass is 452 g/mol. The molecule has 3 aliphatic rings. The van der Waals surface area contributed by atoms with Crippen molar-refractivity contribution in [3.05, 3.63) is 35.9 Å². The molecule has 1 aliphatic carbocycles. The smallest absolute Gasteiger partial charge is 0.345 e. The topological polar surface area (TPSA) is 73.0 Å². The molecule has 1 N–H and O–H groups in total. The number of benzene rings is 1. The SMILES string of the molecule is O=C(NC1CC1)C(=O)N1CCN(C(=O)C2(C(F)(F)F)CCN(Cc3ccccc3)C2)CC1. The first-order valence-electron chi connectivity index (χ1n) is 10.9. The maximum absolute atomic E-state index is 14.2. The summed E-state index contributed by atoms with van der Waals surface area (Å²) in [6.45, 7) is 0.210. The van der Waals surface area contributed by atoms with Gasteiger partial charge in [-0.2, -0.15) is 13.2 Å². The van der Waals surface area contributed by atoms with Crippen LogP contribution in [-0.2, 0) is 20.9 Å². The molecule has 2 saturated heterocycles. The lowest BCUT2D eigenvalue weighted by atomic mass is 9.84. The summed E-state index contributed by atoms with van der Waals surface area (Å²) >= 11 is 0. The van der Waals surface area contributed by atoms with Crippen LogP contribution in [-0.4, -0.2) is 83.9 Å². The van der Waals surface area contributed by atoms with Crippen molar-refractivity contribution in [1.82, 2.24) is 20.0 Å². The highest BCUT2D eigenvalue weighted by molar-refractivity contribution is 6.35. The van der Waals surface area contributed by atoms with Gasteiger partial charge in [0, 0.05) is 45.3 Å². The lowest BCUT2D eigenvalue weighted by Crippen LogP contribution is -2.59. The van der Waals surface area contributed by atoms with Crippen LogP contribution in [0.3, 0.4) is 0 Å². The largest absolute Gasteiger partial charge is 0.404 e. The van der Waals surface area contributed by atoms with Crippen LogP contribution in [0.5, 0.6) is 0 Å². The van der Waals surface area contributed by atoms with E-state index in [9.17, 15) is 27.6 Å². The summed E-state index contributed by atoms with van der Waals surface area (Å²) in [7, 11) is 0. The molecular formula is C22H27F3N4O3. The molecule has 174 valence electrons. The van der Waals surface area contributed by atoms with Crippen molar-refractivity contribution in [2.24, 2.45) is 5.41 Å². The second-order valence-corrected chi connectivity index (χ2v) is 8.86. The van der Waals surface area contributed by atoms with E-state index >= 15 is 0 Å². The van der Waals surface area contributed by atoms with Gasteiger partial charge in [0.15, 0.2) is 5.41 Å². The molecule has 3 amide bonds. The number of amides is 3.